The molecule has 0 bridgehead atoms. The van der Waals surface area contributed by atoms with Crippen molar-refractivity contribution in [2.45, 2.75) is 25.6 Å². The van der Waals surface area contributed by atoms with E-state index in [-0.39, 0.29) is 28.7 Å². The van der Waals surface area contributed by atoms with Crippen molar-refractivity contribution < 1.29 is 27.9 Å². The third-order valence-electron chi connectivity index (χ3n) is 6.75. The van der Waals surface area contributed by atoms with Gasteiger partial charge in [0.2, 0.25) is 0 Å². The Morgan fingerprint density at radius 2 is 1.56 bits per heavy atom. The van der Waals surface area contributed by atoms with Crippen LogP contribution in [0.2, 0.25) is 0 Å². The Bertz CT molecular complexity index is 1730. The summed E-state index contributed by atoms with van der Waals surface area (Å²) in [7, 11) is 0. The van der Waals surface area contributed by atoms with E-state index in [0.29, 0.717) is 35.3 Å². The Kier molecular flexibility index (Phi) is 7.83. The molecule has 5 nitrogen and oxygen atoms in total. The molecule has 0 unspecified atom stereocenters. The van der Waals surface area contributed by atoms with Crippen LogP contribution in [0.15, 0.2) is 103 Å². The molecule has 2 N–H and O–H groups in total. The van der Waals surface area contributed by atoms with Gasteiger partial charge in [-0.3, -0.25) is 14.6 Å². The molecule has 1 heterocycles. The van der Waals surface area contributed by atoms with E-state index >= 15 is 0 Å². The SMILES string of the molecule is O=C(O)CCc1cccc(CNc2cccc(-c3c(C(=O)c4ccccc4)cnc4c(C(F)(F)F)cccc34)c2)c1. The van der Waals surface area contributed by atoms with Crippen LogP contribution in [0.25, 0.3) is 22.0 Å². The highest BCUT2D eigenvalue weighted by Crippen LogP contribution is 2.39. The molecular formula is C33H25F3N2O3. The Labute approximate surface area is 234 Å². The van der Waals surface area contributed by atoms with Crippen LogP contribution in [0.4, 0.5) is 18.9 Å². The van der Waals surface area contributed by atoms with Crippen LogP contribution in [0.3, 0.4) is 0 Å². The molecule has 0 amide bonds. The van der Waals surface area contributed by atoms with Crippen molar-refractivity contribution in [1.29, 1.82) is 0 Å². The highest BCUT2D eigenvalue weighted by atomic mass is 19.4. The molecule has 0 spiro atoms. The zero-order chi connectivity index (χ0) is 29.0. The summed E-state index contributed by atoms with van der Waals surface area (Å²) >= 11 is 0. The molecule has 1 aromatic heterocycles. The lowest BCUT2D eigenvalue weighted by Gasteiger charge is -2.17. The number of carboxylic acid groups (broad SMARTS) is 1. The van der Waals surface area contributed by atoms with Crippen molar-refractivity contribution in [1.82, 2.24) is 4.98 Å². The maximum absolute atomic E-state index is 13.9. The van der Waals surface area contributed by atoms with E-state index in [4.69, 9.17) is 5.11 Å². The molecule has 41 heavy (non-hydrogen) atoms. The summed E-state index contributed by atoms with van der Waals surface area (Å²) in [6.07, 6.45) is -2.92. The minimum absolute atomic E-state index is 0.0406. The summed E-state index contributed by atoms with van der Waals surface area (Å²) in [5.41, 5.74) is 3.00. The fraction of sp³-hybridized carbons (Fsp3) is 0.121. The second-order valence-corrected chi connectivity index (χ2v) is 9.59. The van der Waals surface area contributed by atoms with Gasteiger partial charge in [-0.2, -0.15) is 13.2 Å². The molecule has 0 saturated carbocycles. The minimum Gasteiger partial charge on any atom is -0.481 e. The van der Waals surface area contributed by atoms with Gasteiger partial charge >= 0.3 is 12.1 Å². The molecule has 0 saturated heterocycles. The molecule has 8 heteroatoms. The van der Waals surface area contributed by atoms with E-state index in [1.165, 1.54) is 12.3 Å². The molecule has 0 aliphatic heterocycles. The fourth-order valence-electron chi connectivity index (χ4n) is 4.82. The zero-order valence-electron chi connectivity index (χ0n) is 21.8. The van der Waals surface area contributed by atoms with Crippen molar-refractivity contribution in [3.05, 3.63) is 131 Å². The lowest BCUT2D eigenvalue weighted by atomic mass is 9.91. The summed E-state index contributed by atoms with van der Waals surface area (Å²) in [5.74, 6) is -1.20. The van der Waals surface area contributed by atoms with Crippen molar-refractivity contribution >= 4 is 28.3 Å². The number of carbonyl (C=O) groups is 2. The lowest BCUT2D eigenvalue weighted by molar-refractivity contribution is -0.137. The lowest BCUT2D eigenvalue weighted by Crippen LogP contribution is -2.09. The average Bonchev–Trinajstić information content (AvgIpc) is 2.98. The van der Waals surface area contributed by atoms with Gasteiger partial charge in [-0.15, -0.1) is 0 Å². The van der Waals surface area contributed by atoms with Crippen LogP contribution >= 0.6 is 0 Å². The zero-order valence-corrected chi connectivity index (χ0v) is 21.8. The predicted octanol–water partition coefficient (Wildman–Crippen LogP) is 7.78. The highest BCUT2D eigenvalue weighted by Gasteiger charge is 2.34. The Morgan fingerprint density at radius 1 is 0.829 bits per heavy atom. The fourth-order valence-corrected chi connectivity index (χ4v) is 4.82. The van der Waals surface area contributed by atoms with Gasteiger partial charge in [-0.05, 0) is 41.3 Å². The summed E-state index contributed by atoms with van der Waals surface area (Å²) < 4.78 is 41.6. The first kappa shape index (κ1) is 27.6. The van der Waals surface area contributed by atoms with Gasteiger partial charge in [-0.1, -0.05) is 78.9 Å². The van der Waals surface area contributed by atoms with Crippen LogP contribution in [-0.2, 0) is 23.9 Å². The normalized spacial score (nSPS) is 11.4. The number of carbonyl (C=O) groups excluding carboxylic acids is 1. The molecule has 4 aromatic carbocycles. The first-order valence-electron chi connectivity index (χ1n) is 12.9. The number of benzene rings is 4. The summed E-state index contributed by atoms with van der Waals surface area (Å²) in [5, 5.41) is 12.5. The van der Waals surface area contributed by atoms with E-state index in [2.05, 4.69) is 10.3 Å². The largest absolute Gasteiger partial charge is 0.481 e. The van der Waals surface area contributed by atoms with Crippen LogP contribution in [-0.4, -0.2) is 21.8 Å². The van der Waals surface area contributed by atoms with Crippen molar-refractivity contribution in [2.24, 2.45) is 0 Å². The number of aliphatic carboxylic acids is 1. The summed E-state index contributed by atoms with van der Waals surface area (Å²) in [6, 6.07) is 27.2. The average molecular weight is 555 g/mol. The van der Waals surface area contributed by atoms with E-state index in [1.54, 1.807) is 54.6 Å². The molecule has 0 aliphatic carbocycles. The summed E-state index contributed by atoms with van der Waals surface area (Å²) in [6.45, 7) is 0.440. The number of aromatic nitrogens is 1. The van der Waals surface area contributed by atoms with Crippen LogP contribution in [0.1, 0.15) is 39.0 Å². The number of ketones is 1. The number of halogens is 3. The highest BCUT2D eigenvalue weighted by molar-refractivity contribution is 6.16. The third-order valence-corrected chi connectivity index (χ3v) is 6.75. The molecule has 0 fully saturated rings. The first-order valence-corrected chi connectivity index (χ1v) is 12.9. The molecular weight excluding hydrogens is 529 g/mol. The number of nitrogens with zero attached hydrogens (tertiary/aromatic N) is 1. The van der Waals surface area contributed by atoms with E-state index < -0.39 is 17.7 Å². The number of hydrogen-bond acceptors (Lipinski definition) is 4. The van der Waals surface area contributed by atoms with Gasteiger partial charge in [-0.25, -0.2) is 0 Å². The molecule has 5 aromatic rings. The van der Waals surface area contributed by atoms with E-state index in [1.807, 2.05) is 30.3 Å². The number of carboxylic acids is 1. The quantitative estimate of drug-likeness (QED) is 0.182. The minimum atomic E-state index is -4.61. The Balaban J connectivity index is 1.55. The molecule has 0 aliphatic rings. The third kappa shape index (κ3) is 6.27. The second-order valence-electron chi connectivity index (χ2n) is 9.59. The second kappa shape index (κ2) is 11.6. The number of hydrogen-bond donors (Lipinski definition) is 2. The van der Waals surface area contributed by atoms with Crippen LogP contribution < -0.4 is 5.32 Å². The van der Waals surface area contributed by atoms with Crippen molar-refractivity contribution in [2.75, 3.05) is 5.32 Å². The van der Waals surface area contributed by atoms with Crippen LogP contribution in [0.5, 0.6) is 0 Å². The van der Waals surface area contributed by atoms with Gasteiger partial charge < -0.3 is 10.4 Å². The van der Waals surface area contributed by atoms with Crippen molar-refractivity contribution in [3.8, 4) is 11.1 Å². The molecule has 0 radical (unpaired) electrons. The number of aryl methyl sites for hydroxylation is 1. The number of rotatable bonds is 9. The monoisotopic (exact) mass is 554 g/mol. The maximum Gasteiger partial charge on any atom is 0.418 e. The number of nitrogens with one attached hydrogen (secondary N) is 1. The van der Waals surface area contributed by atoms with E-state index in [0.717, 1.165) is 17.2 Å². The summed E-state index contributed by atoms with van der Waals surface area (Å²) in [4.78, 5) is 28.6. The standard InChI is InChI=1S/C33H25F3N2O3/c34-33(35,36)28-14-6-13-26-30(27(20-38-31(26)28)32(41)23-9-2-1-3-10-23)24-11-5-12-25(18-24)37-19-22-8-4-7-21(17-22)15-16-29(39)40/h1-14,17-18,20,37H,15-16,19H2,(H,39,40). The number of pyridine rings is 1. The number of alkyl halides is 3. The van der Waals surface area contributed by atoms with Gasteiger partial charge in [0.05, 0.1) is 11.1 Å². The smallest absolute Gasteiger partial charge is 0.418 e. The van der Waals surface area contributed by atoms with Gasteiger partial charge in [0.15, 0.2) is 5.78 Å². The van der Waals surface area contributed by atoms with Crippen molar-refractivity contribution in [3.63, 3.8) is 0 Å². The topological polar surface area (TPSA) is 79.3 Å². The number of fused-ring (bicyclic) bond motifs is 1. The number of anilines is 1. The van der Waals surface area contributed by atoms with Gasteiger partial charge in [0.1, 0.15) is 0 Å². The number of para-hydroxylation sites is 1. The Morgan fingerprint density at radius 3 is 2.32 bits per heavy atom. The molecule has 206 valence electrons. The van der Waals surface area contributed by atoms with Crippen LogP contribution in [0, 0.1) is 0 Å². The van der Waals surface area contributed by atoms with E-state index in [9.17, 15) is 22.8 Å². The molecule has 0 atom stereocenters. The van der Waals surface area contributed by atoms with Gasteiger partial charge in [0, 0.05) is 46.9 Å². The van der Waals surface area contributed by atoms with Gasteiger partial charge in [0.25, 0.3) is 0 Å². The Hall–Kier alpha value is -4.98. The maximum atomic E-state index is 13.9. The molecule has 5 rings (SSSR count). The first-order chi connectivity index (χ1) is 19.7. The predicted molar refractivity (Wildman–Crippen MR) is 152 cm³/mol.